The van der Waals surface area contributed by atoms with E-state index in [-0.39, 0.29) is 0 Å². The van der Waals surface area contributed by atoms with Gasteiger partial charge in [0.2, 0.25) is 0 Å². The number of ketones is 1. The van der Waals surface area contributed by atoms with E-state index in [9.17, 15) is 4.79 Å². The van der Waals surface area contributed by atoms with E-state index in [1.807, 2.05) is 0 Å². The molecule has 21 heavy (non-hydrogen) atoms. The molecule has 16 atom stereocenters. The second kappa shape index (κ2) is 2.38. The van der Waals surface area contributed by atoms with Crippen molar-refractivity contribution in [2.75, 3.05) is 0 Å². The molecule has 9 aliphatic carbocycles. The molecule has 0 heterocycles. The molecule has 0 aromatic heterocycles. The fraction of sp³-hybridized carbons (Fsp3) is 0.950. The highest BCUT2D eigenvalue weighted by Gasteiger charge is 2.88. The Bertz CT molecular complexity index is 658. The van der Waals surface area contributed by atoms with Gasteiger partial charge in [0, 0.05) is 11.8 Å². The molecule has 1 heteroatoms. The molecule has 9 saturated carbocycles. The highest BCUT2D eigenvalue weighted by Crippen LogP contribution is 2.91. The molecule has 0 aliphatic heterocycles. The summed E-state index contributed by atoms with van der Waals surface area (Å²) in [6.07, 6.45) is 4.46. The molecule has 0 amide bonds. The van der Waals surface area contributed by atoms with Crippen molar-refractivity contribution in [1.82, 2.24) is 0 Å². The van der Waals surface area contributed by atoms with Gasteiger partial charge in [-0.2, -0.15) is 0 Å². The quantitative estimate of drug-likeness (QED) is 0.666. The largest absolute Gasteiger partial charge is 0.299 e. The summed E-state index contributed by atoms with van der Waals surface area (Å²) in [7, 11) is 0. The summed E-state index contributed by atoms with van der Waals surface area (Å²) < 4.78 is 0. The van der Waals surface area contributed by atoms with Gasteiger partial charge >= 0.3 is 0 Å². The van der Waals surface area contributed by atoms with Crippen LogP contribution in [-0.2, 0) is 4.79 Å². The van der Waals surface area contributed by atoms with Crippen molar-refractivity contribution in [3.8, 4) is 0 Å². The smallest absolute Gasteiger partial charge is 0.139 e. The Morgan fingerprint density at radius 3 is 2.05 bits per heavy atom. The number of carbonyl (C=O) groups excluding carboxylic acids is 1. The van der Waals surface area contributed by atoms with Crippen LogP contribution in [0.4, 0.5) is 0 Å². The summed E-state index contributed by atoms with van der Waals surface area (Å²) in [6.45, 7) is 0. The van der Waals surface area contributed by atoms with Crippen LogP contribution in [-0.4, -0.2) is 5.78 Å². The molecule has 0 bridgehead atoms. The molecule has 9 fully saturated rings. The first-order valence-corrected chi connectivity index (χ1v) is 9.91. The molecule has 0 spiro atoms. The van der Waals surface area contributed by atoms with E-state index < -0.39 is 0 Å². The molecule has 1 nitrogen and oxygen atoms in total. The fourth-order valence-corrected chi connectivity index (χ4v) is 12.7. The van der Waals surface area contributed by atoms with Crippen molar-refractivity contribution < 1.29 is 4.79 Å². The molecule has 0 N–H and O–H groups in total. The van der Waals surface area contributed by atoms with Crippen molar-refractivity contribution in [1.29, 1.82) is 0 Å². The van der Waals surface area contributed by atoms with Crippen molar-refractivity contribution in [3.05, 3.63) is 0 Å². The molecule has 0 unspecified atom stereocenters. The normalized spacial score (nSPS) is 87.5. The predicted molar refractivity (Wildman–Crippen MR) is 74.7 cm³/mol. The Morgan fingerprint density at radius 2 is 1.19 bits per heavy atom. The third-order valence-corrected chi connectivity index (χ3v) is 11.6. The van der Waals surface area contributed by atoms with E-state index in [0.29, 0.717) is 11.8 Å². The Kier molecular flexibility index (Phi) is 1.10. The number of fused-ring (bicyclic) bond motifs is 4. The molecule has 0 aromatic rings. The Balaban J connectivity index is 1.48. The number of hydrogen-bond acceptors (Lipinski definition) is 1. The number of hydrogen-bond donors (Lipinski definition) is 0. The third kappa shape index (κ3) is 0.606. The topological polar surface area (TPSA) is 17.1 Å². The Labute approximate surface area is 125 Å². The van der Waals surface area contributed by atoms with E-state index in [1.54, 1.807) is 6.42 Å². The first-order valence-electron chi connectivity index (χ1n) is 9.91. The van der Waals surface area contributed by atoms with Gasteiger partial charge in [-0.25, -0.2) is 0 Å². The van der Waals surface area contributed by atoms with Crippen molar-refractivity contribution in [3.63, 3.8) is 0 Å². The second-order valence-corrected chi connectivity index (χ2v) is 10.7. The summed E-state index contributed by atoms with van der Waals surface area (Å²) >= 11 is 0. The van der Waals surface area contributed by atoms with Crippen LogP contribution in [0.15, 0.2) is 0 Å². The lowest BCUT2D eigenvalue weighted by atomic mass is 9.73. The minimum absolute atomic E-state index is 0.569. The molecular formula is C20H22O. The van der Waals surface area contributed by atoms with E-state index in [0.717, 1.165) is 82.7 Å². The lowest BCUT2D eigenvalue weighted by Gasteiger charge is -2.31. The van der Waals surface area contributed by atoms with Crippen molar-refractivity contribution >= 4 is 5.78 Å². The minimum Gasteiger partial charge on any atom is -0.299 e. The van der Waals surface area contributed by atoms with E-state index in [1.165, 1.54) is 18.8 Å². The first kappa shape index (κ1) is 9.73. The molecular weight excluding hydrogens is 256 g/mol. The maximum Gasteiger partial charge on any atom is 0.139 e. The van der Waals surface area contributed by atoms with Gasteiger partial charge in [0.1, 0.15) is 5.78 Å². The van der Waals surface area contributed by atoms with Gasteiger partial charge in [-0.3, -0.25) is 4.79 Å². The van der Waals surface area contributed by atoms with E-state index in [2.05, 4.69) is 0 Å². The summed E-state index contributed by atoms with van der Waals surface area (Å²) in [5.41, 5.74) is 0. The minimum atomic E-state index is 0.569. The van der Waals surface area contributed by atoms with Crippen LogP contribution < -0.4 is 0 Å². The lowest BCUT2D eigenvalue weighted by molar-refractivity contribution is -0.126. The van der Waals surface area contributed by atoms with Gasteiger partial charge in [0.05, 0.1) is 0 Å². The van der Waals surface area contributed by atoms with E-state index in [4.69, 9.17) is 0 Å². The van der Waals surface area contributed by atoms with Crippen LogP contribution in [0.1, 0.15) is 19.3 Å². The highest BCUT2D eigenvalue weighted by molar-refractivity contribution is 5.88. The van der Waals surface area contributed by atoms with Crippen LogP contribution in [0.5, 0.6) is 0 Å². The van der Waals surface area contributed by atoms with Crippen molar-refractivity contribution in [2.24, 2.45) is 94.7 Å². The molecule has 108 valence electrons. The molecule has 0 radical (unpaired) electrons. The lowest BCUT2D eigenvalue weighted by Crippen LogP contribution is -2.31. The first-order chi connectivity index (χ1) is 10.4. The maximum absolute atomic E-state index is 13.3. The fourth-order valence-electron chi connectivity index (χ4n) is 12.7. The highest BCUT2D eigenvalue weighted by atomic mass is 16.1. The average molecular weight is 278 g/mol. The van der Waals surface area contributed by atoms with Crippen LogP contribution in [0.2, 0.25) is 0 Å². The van der Waals surface area contributed by atoms with E-state index >= 15 is 0 Å². The van der Waals surface area contributed by atoms with Crippen LogP contribution in [0.25, 0.3) is 0 Å². The molecule has 9 rings (SSSR count). The molecule has 9 aliphatic rings. The van der Waals surface area contributed by atoms with Crippen LogP contribution in [0.3, 0.4) is 0 Å². The summed E-state index contributed by atoms with van der Waals surface area (Å²) in [6, 6.07) is 0. The van der Waals surface area contributed by atoms with Crippen molar-refractivity contribution in [2.45, 2.75) is 19.3 Å². The van der Waals surface area contributed by atoms with Gasteiger partial charge in [-0.15, -0.1) is 0 Å². The van der Waals surface area contributed by atoms with Crippen LogP contribution in [0, 0.1) is 94.7 Å². The second-order valence-electron chi connectivity index (χ2n) is 10.7. The monoisotopic (exact) mass is 278 g/mol. The summed E-state index contributed by atoms with van der Waals surface area (Å²) in [4.78, 5) is 13.3. The summed E-state index contributed by atoms with van der Waals surface area (Å²) in [5, 5.41) is 0. The van der Waals surface area contributed by atoms with Gasteiger partial charge in [0.25, 0.3) is 0 Å². The Hall–Kier alpha value is -0.330. The maximum atomic E-state index is 13.3. The third-order valence-electron chi connectivity index (χ3n) is 11.6. The van der Waals surface area contributed by atoms with Gasteiger partial charge in [-0.1, -0.05) is 0 Å². The summed E-state index contributed by atoms with van der Waals surface area (Å²) in [5.74, 6) is 16.8. The SMILES string of the molecule is O=C1[C@@H]2[C@@H]3[C@@H]4[C@@H]5[C@@H]6[C@@H](C[C@@H]1[C@H]63)[C@H]1[C@@H]3CC[C@@H]6[C@H]3[C@H]([C@H]15)[C@@H]4[C@@H]62. The van der Waals surface area contributed by atoms with Crippen LogP contribution >= 0.6 is 0 Å². The number of carbonyl (C=O) groups is 1. The van der Waals surface area contributed by atoms with Gasteiger partial charge < -0.3 is 0 Å². The van der Waals surface area contributed by atoms with Gasteiger partial charge in [-0.05, 0) is 102 Å². The zero-order chi connectivity index (χ0) is 12.9. The standard InChI is InChI=1S/C20H22O/c21-20-7-3-6-9-4-1-2-5-8(4)13-14(9)16-11(6)12(7)17-18(16)15(13)10(5)19(17)20/h4-19H,1-3H2/t4-,5-,6+,7-,8+,9-,10-,11-,12-,13-,14+,15+,16-,17+,18+,19+/m1/s1. The zero-order valence-electron chi connectivity index (χ0n) is 12.3. The average Bonchev–Trinajstić information content (AvgIpc) is 3.17. The zero-order valence-corrected chi connectivity index (χ0v) is 12.3. The molecule has 0 aromatic carbocycles. The molecule has 0 saturated heterocycles. The number of rotatable bonds is 0. The van der Waals surface area contributed by atoms with Gasteiger partial charge in [0.15, 0.2) is 0 Å². The Morgan fingerprint density at radius 1 is 0.571 bits per heavy atom. The predicted octanol–water partition coefficient (Wildman–Crippen LogP) is 2.71. The number of Topliss-reactive ketones (excluding diaryl/α,β-unsaturated/α-hetero) is 1.